The quantitative estimate of drug-likeness (QED) is 0.741. The van der Waals surface area contributed by atoms with Gasteiger partial charge >= 0.3 is 0 Å². The Labute approximate surface area is 90.6 Å². The average Bonchev–Trinajstić information content (AvgIpc) is 2.93. The normalized spacial score (nSPS) is 33.2. The Morgan fingerprint density at radius 1 is 1.53 bits per heavy atom. The van der Waals surface area contributed by atoms with Crippen molar-refractivity contribution in [2.75, 3.05) is 5.32 Å². The van der Waals surface area contributed by atoms with Crippen molar-refractivity contribution in [1.29, 1.82) is 0 Å². The van der Waals surface area contributed by atoms with Crippen molar-refractivity contribution in [3.63, 3.8) is 0 Å². The summed E-state index contributed by atoms with van der Waals surface area (Å²) in [4.78, 5) is 11.9. The molecule has 3 heterocycles. The van der Waals surface area contributed by atoms with Gasteiger partial charge in [-0.2, -0.15) is 0 Å². The summed E-state index contributed by atoms with van der Waals surface area (Å²) in [5.41, 5.74) is 0. The molecular weight excluding hydrogens is 214 g/mol. The van der Waals surface area contributed by atoms with E-state index in [0.717, 1.165) is 24.4 Å². The molecule has 2 bridgehead atoms. The predicted molar refractivity (Wildman–Crippen MR) is 54.4 cm³/mol. The molecule has 2 N–H and O–H groups in total. The van der Waals surface area contributed by atoms with Gasteiger partial charge in [0.2, 0.25) is 11.0 Å². The van der Waals surface area contributed by atoms with Crippen LogP contribution in [-0.4, -0.2) is 32.8 Å². The monoisotopic (exact) mass is 225 g/mol. The van der Waals surface area contributed by atoms with Crippen LogP contribution >= 0.6 is 11.5 Å². The molecule has 2 fully saturated rings. The number of aromatic nitrogens is 3. The van der Waals surface area contributed by atoms with Gasteiger partial charge in [0.05, 0.1) is 5.92 Å². The van der Waals surface area contributed by atoms with Gasteiger partial charge in [0.25, 0.3) is 0 Å². The summed E-state index contributed by atoms with van der Waals surface area (Å²) in [6, 6.07) is 0.897. The topological polar surface area (TPSA) is 79.8 Å². The molecule has 6 nitrogen and oxygen atoms in total. The van der Waals surface area contributed by atoms with Crippen molar-refractivity contribution in [1.82, 2.24) is 20.1 Å². The molecule has 80 valence electrons. The molecule has 7 heteroatoms. The van der Waals surface area contributed by atoms with Crippen molar-refractivity contribution < 1.29 is 4.79 Å². The summed E-state index contributed by atoms with van der Waals surface area (Å²) in [6.45, 7) is 0. The number of fused-ring (bicyclic) bond motifs is 2. The first-order valence-corrected chi connectivity index (χ1v) is 5.82. The van der Waals surface area contributed by atoms with E-state index in [9.17, 15) is 4.79 Å². The van der Waals surface area contributed by atoms with Gasteiger partial charge in [-0.3, -0.25) is 10.1 Å². The number of carbonyl (C=O) groups is 1. The van der Waals surface area contributed by atoms with Crippen molar-refractivity contribution in [3.8, 4) is 0 Å². The summed E-state index contributed by atoms with van der Waals surface area (Å²) in [5.74, 6) is 0.140. The second kappa shape index (κ2) is 3.49. The summed E-state index contributed by atoms with van der Waals surface area (Å²) >= 11 is 1.11. The smallest absolute Gasteiger partial charge is 0.231 e. The summed E-state index contributed by atoms with van der Waals surface area (Å²) in [6.07, 6.45) is 3.26. The Kier molecular flexibility index (Phi) is 2.14. The van der Waals surface area contributed by atoms with Crippen molar-refractivity contribution in [2.24, 2.45) is 5.92 Å². The number of nitrogens with one attached hydrogen (secondary N) is 2. The molecule has 2 aliphatic heterocycles. The number of nitrogens with zero attached hydrogens (tertiary/aromatic N) is 3. The Hall–Kier alpha value is -1.08. The van der Waals surface area contributed by atoms with Crippen LogP contribution in [0.1, 0.15) is 19.3 Å². The van der Waals surface area contributed by atoms with Crippen molar-refractivity contribution >= 4 is 22.6 Å². The van der Waals surface area contributed by atoms with Crippen LogP contribution in [0.25, 0.3) is 0 Å². The van der Waals surface area contributed by atoms with Gasteiger partial charge in [-0.25, -0.2) is 0 Å². The van der Waals surface area contributed by atoms with Crippen LogP contribution in [0.15, 0.2) is 0 Å². The number of hydrogen-bond acceptors (Lipinski definition) is 6. The standard InChI is InChI=1S/C8H11N5OS/c14-7(10-8-11-12-13-15-8)5-3-4-1-2-6(5)9-4/h4-6,9H,1-3H2,(H,10,11,13,14). The Bertz CT molecular complexity index is 367. The maximum atomic E-state index is 11.9. The summed E-state index contributed by atoms with van der Waals surface area (Å²) in [7, 11) is 0. The molecule has 0 aromatic carbocycles. The van der Waals surface area contributed by atoms with E-state index in [4.69, 9.17) is 0 Å². The van der Waals surface area contributed by atoms with Crippen molar-refractivity contribution in [2.45, 2.75) is 31.3 Å². The molecule has 15 heavy (non-hydrogen) atoms. The molecule has 3 unspecified atom stereocenters. The van der Waals surface area contributed by atoms with E-state index in [0.29, 0.717) is 17.2 Å². The third kappa shape index (κ3) is 1.61. The van der Waals surface area contributed by atoms with E-state index < -0.39 is 0 Å². The van der Waals surface area contributed by atoms with Gasteiger partial charge in [-0.15, -0.1) is 0 Å². The molecule has 2 saturated heterocycles. The van der Waals surface area contributed by atoms with Crippen LogP contribution in [0.4, 0.5) is 5.13 Å². The number of amides is 1. The molecule has 1 aromatic heterocycles. The highest BCUT2D eigenvalue weighted by Crippen LogP contribution is 2.33. The first-order chi connectivity index (χ1) is 7.33. The first kappa shape index (κ1) is 9.17. The van der Waals surface area contributed by atoms with Gasteiger partial charge in [0, 0.05) is 23.6 Å². The molecule has 1 aromatic rings. The minimum absolute atomic E-state index is 0.0493. The minimum Gasteiger partial charge on any atom is -0.310 e. The summed E-state index contributed by atoms with van der Waals surface area (Å²) in [5, 5.41) is 13.8. The SMILES string of the molecule is O=C(Nc1nnns1)C1CC2CCC1N2. The Morgan fingerprint density at radius 3 is 3.07 bits per heavy atom. The molecule has 3 rings (SSSR count). The lowest BCUT2D eigenvalue weighted by Crippen LogP contribution is -2.32. The highest BCUT2D eigenvalue weighted by Gasteiger charge is 2.42. The van der Waals surface area contributed by atoms with Crippen LogP contribution in [0.3, 0.4) is 0 Å². The molecule has 0 spiro atoms. The van der Waals surface area contributed by atoms with E-state index in [2.05, 4.69) is 25.4 Å². The fourth-order valence-corrected chi connectivity index (χ4v) is 2.86. The van der Waals surface area contributed by atoms with Gasteiger partial charge in [-0.05, 0) is 24.5 Å². The van der Waals surface area contributed by atoms with Crippen molar-refractivity contribution in [3.05, 3.63) is 0 Å². The van der Waals surface area contributed by atoms with Gasteiger partial charge in [0.15, 0.2) is 0 Å². The molecule has 3 atom stereocenters. The average molecular weight is 225 g/mol. The largest absolute Gasteiger partial charge is 0.310 e. The minimum atomic E-state index is 0.0493. The highest BCUT2D eigenvalue weighted by atomic mass is 32.1. The van der Waals surface area contributed by atoms with E-state index in [1.165, 1.54) is 6.42 Å². The lowest BCUT2D eigenvalue weighted by Gasteiger charge is -2.18. The number of rotatable bonds is 2. The zero-order valence-electron chi connectivity index (χ0n) is 8.01. The van der Waals surface area contributed by atoms with E-state index in [1.807, 2.05) is 0 Å². The van der Waals surface area contributed by atoms with Crippen LogP contribution in [0.5, 0.6) is 0 Å². The van der Waals surface area contributed by atoms with Crippen LogP contribution < -0.4 is 10.6 Å². The van der Waals surface area contributed by atoms with E-state index >= 15 is 0 Å². The van der Waals surface area contributed by atoms with Crippen LogP contribution in [-0.2, 0) is 4.79 Å². The third-order valence-electron chi connectivity index (χ3n) is 3.17. The maximum absolute atomic E-state index is 11.9. The zero-order chi connectivity index (χ0) is 10.3. The van der Waals surface area contributed by atoms with Gasteiger partial charge in [-0.1, -0.05) is 9.59 Å². The third-order valence-corrected chi connectivity index (χ3v) is 3.68. The fourth-order valence-electron chi connectivity index (χ4n) is 2.49. The second-order valence-corrected chi connectivity index (χ2v) is 4.78. The number of carbonyl (C=O) groups excluding carboxylic acids is 1. The predicted octanol–water partition coefficient (Wildman–Crippen LogP) is 0.0121. The first-order valence-electron chi connectivity index (χ1n) is 5.05. The Morgan fingerprint density at radius 2 is 2.47 bits per heavy atom. The molecule has 1 amide bonds. The molecule has 0 radical (unpaired) electrons. The van der Waals surface area contributed by atoms with E-state index in [1.54, 1.807) is 0 Å². The van der Waals surface area contributed by atoms with Crippen LogP contribution in [0, 0.1) is 5.92 Å². The number of anilines is 1. The Balaban J connectivity index is 1.66. The molecular formula is C8H11N5OS. The van der Waals surface area contributed by atoms with E-state index in [-0.39, 0.29) is 11.8 Å². The maximum Gasteiger partial charge on any atom is 0.231 e. The zero-order valence-corrected chi connectivity index (χ0v) is 8.83. The lowest BCUT2D eigenvalue weighted by molar-refractivity contribution is -0.120. The fraction of sp³-hybridized carbons (Fsp3) is 0.750. The highest BCUT2D eigenvalue weighted by molar-refractivity contribution is 7.09. The molecule has 2 aliphatic rings. The van der Waals surface area contributed by atoms with Crippen LogP contribution in [0.2, 0.25) is 0 Å². The second-order valence-electron chi connectivity index (χ2n) is 4.05. The molecule has 0 aliphatic carbocycles. The van der Waals surface area contributed by atoms with Gasteiger partial charge in [0.1, 0.15) is 0 Å². The molecule has 0 saturated carbocycles. The lowest BCUT2D eigenvalue weighted by atomic mass is 9.88. The van der Waals surface area contributed by atoms with Gasteiger partial charge < -0.3 is 5.32 Å². The summed E-state index contributed by atoms with van der Waals surface area (Å²) < 4.78 is 3.60. The number of hydrogen-bond donors (Lipinski definition) is 2.